The van der Waals surface area contributed by atoms with Gasteiger partial charge in [-0.05, 0) is 18.8 Å². The molecular formula is C10H17N3O. The summed E-state index contributed by atoms with van der Waals surface area (Å²) in [4.78, 5) is 0. The van der Waals surface area contributed by atoms with Crippen LogP contribution in [0.25, 0.3) is 0 Å². The second kappa shape index (κ2) is 4.00. The van der Waals surface area contributed by atoms with Gasteiger partial charge in [0.15, 0.2) is 0 Å². The lowest BCUT2D eigenvalue weighted by Crippen LogP contribution is -2.33. The van der Waals surface area contributed by atoms with Crippen LogP contribution in [-0.2, 0) is 6.54 Å². The average Bonchev–Trinajstić information content (AvgIpc) is 2.51. The number of hydrogen-bond acceptors (Lipinski definition) is 3. The third-order valence-corrected chi connectivity index (χ3v) is 2.71. The predicted molar refractivity (Wildman–Crippen MR) is 55.1 cm³/mol. The SMILES string of the molecule is CC1CC(Nc2cnn(CCO)c2)C1. The van der Waals surface area contributed by atoms with Gasteiger partial charge in [0.1, 0.15) is 0 Å². The number of nitrogens with zero attached hydrogens (tertiary/aromatic N) is 2. The zero-order valence-corrected chi connectivity index (χ0v) is 8.48. The van der Waals surface area contributed by atoms with Crippen molar-refractivity contribution in [1.29, 1.82) is 0 Å². The van der Waals surface area contributed by atoms with E-state index in [-0.39, 0.29) is 6.61 Å². The van der Waals surface area contributed by atoms with Crippen molar-refractivity contribution in [3.8, 4) is 0 Å². The fraction of sp³-hybridized carbons (Fsp3) is 0.700. The van der Waals surface area contributed by atoms with E-state index in [0.717, 1.165) is 11.6 Å². The summed E-state index contributed by atoms with van der Waals surface area (Å²) in [6, 6.07) is 0.622. The Labute approximate surface area is 83.9 Å². The first-order chi connectivity index (χ1) is 6.78. The Balaban J connectivity index is 1.84. The normalized spacial score (nSPS) is 25.9. The number of aliphatic hydroxyl groups is 1. The first-order valence-electron chi connectivity index (χ1n) is 5.18. The molecule has 0 saturated heterocycles. The first-order valence-corrected chi connectivity index (χ1v) is 5.18. The number of anilines is 1. The van der Waals surface area contributed by atoms with Crippen LogP contribution in [0.3, 0.4) is 0 Å². The fourth-order valence-electron chi connectivity index (χ4n) is 1.92. The fourth-order valence-corrected chi connectivity index (χ4v) is 1.92. The van der Waals surface area contributed by atoms with Crippen molar-refractivity contribution >= 4 is 5.69 Å². The molecule has 0 unspecified atom stereocenters. The average molecular weight is 195 g/mol. The molecule has 14 heavy (non-hydrogen) atoms. The second-order valence-corrected chi connectivity index (χ2v) is 4.13. The van der Waals surface area contributed by atoms with E-state index >= 15 is 0 Å². The minimum atomic E-state index is 0.140. The molecule has 0 aromatic carbocycles. The quantitative estimate of drug-likeness (QED) is 0.756. The Morgan fingerprint density at radius 2 is 2.43 bits per heavy atom. The molecule has 4 nitrogen and oxygen atoms in total. The maximum absolute atomic E-state index is 8.72. The monoisotopic (exact) mass is 195 g/mol. The Hall–Kier alpha value is -1.03. The largest absolute Gasteiger partial charge is 0.394 e. The van der Waals surface area contributed by atoms with Crippen molar-refractivity contribution in [2.24, 2.45) is 5.92 Å². The molecule has 0 spiro atoms. The van der Waals surface area contributed by atoms with E-state index in [4.69, 9.17) is 5.11 Å². The molecule has 1 aromatic rings. The van der Waals surface area contributed by atoms with Gasteiger partial charge in [-0.25, -0.2) is 0 Å². The minimum Gasteiger partial charge on any atom is -0.394 e. The Morgan fingerprint density at radius 3 is 3.07 bits per heavy atom. The maximum atomic E-state index is 8.72. The highest BCUT2D eigenvalue weighted by Crippen LogP contribution is 2.29. The summed E-state index contributed by atoms with van der Waals surface area (Å²) in [7, 11) is 0. The van der Waals surface area contributed by atoms with Gasteiger partial charge in [0.05, 0.1) is 25.0 Å². The highest BCUT2D eigenvalue weighted by Gasteiger charge is 2.25. The molecule has 0 aliphatic heterocycles. The smallest absolute Gasteiger partial charge is 0.0728 e. The van der Waals surface area contributed by atoms with Crippen LogP contribution >= 0.6 is 0 Å². The molecule has 1 aliphatic rings. The van der Waals surface area contributed by atoms with Crippen LogP contribution in [0.5, 0.6) is 0 Å². The topological polar surface area (TPSA) is 50.1 Å². The summed E-state index contributed by atoms with van der Waals surface area (Å²) in [6.07, 6.45) is 6.27. The summed E-state index contributed by atoms with van der Waals surface area (Å²) in [6.45, 7) is 2.98. The summed E-state index contributed by atoms with van der Waals surface area (Å²) in [5, 5.41) is 16.3. The molecular weight excluding hydrogens is 178 g/mol. The van der Waals surface area contributed by atoms with Crippen LogP contribution < -0.4 is 5.32 Å². The van der Waals surface area contributed by atoms with Crippen molar-refractivity contribution in [2.45, 2.75) is 32.4 Å². The highest BCUT2D eigenvalue weighted by atomic mass is 16.3. The summed E-state index contributed by atoms with van der Waals surface area (Å²) < 4.78 is 1.75. The number of aliphatic hydroxyl groups excluding tert-OH is 1. The lowest BCUT2D eigenvalue weighted by atomic mass is 9.82. The van der Waals surface area contributed by atoms with Crippen LogP contribution in [0.1, 0.15) is 19.8 Å². The Kier molecular flexibility index (Phi) is 2.72. The van der Waals surface area contributed by atoms with Crippen molar-refractivity contribution in [2.75, 3.05) is 11.9 Å². The predicted octanol–water partition coefficient (Wildman–Crippen LogP) is 1.09. The molecule has 4 heteroatoms. The molecule has 1 fully saturated rings. The molecule has 0 amide bonds. The van der Waals surface area contributed by atoms with Gasteiger partial charge in [-0.1, -0.05) is 6.92 Å². The molecule has 2 rings (SSSR count). The number of rotatable bonds is 4. The van der Waals surface area contributed by atoms with Crippen LogP contribution in [0.15, 0.2) is 12.4 Å². The van der Waals surface area contributed by atoms with E-state index in [1.807, 2.05) is 12.4 Å². The molecule has 1 heterocycles. The Bertz CT molecular complexity index is 291. The lowest BCUT2D eigenvalue weighted by Gasteiger charge is -2.33. The molecule has 1 aromatic heterocycles. The summed E-state index contributed by atoms with van der Waals surface area (Å²) in [5.41, 5.74) is 1.07. The third kappa shape index (κ3) is 2.07. The summed E-state index contributed by atoms with van der Waals surface area (Å²) in [5.74, 6) is 0.861. The molecule has 1 aliphatic carbocycles. The van der Waals surface area contributed by atoms with Gasteiger partial charge in [-0.15, -0.1) is 0 Å². The number of hydrogen-bond donors (Lipinski definition) is 2. The van der Waals surface area contributed by atoms with E-state index in [2.05, 4.69) is 17.3 Å². The molecule has 78 valence electrons. The van der Waals surface area contributed by atoms with Gasteiger partial charge in [0, 0.05) is 12.2 Å². The van der Waals surface area contributed by atoms with Crippen molar-refractivity contribution in [3.63, 3.8) is 0 Å². The van der Waals surface area contributed by atoms with E-state index in [1.54, 1.807) is 4.68 Å². The number of aromatic nitrogens is 2. The van der Waals surface area contributed by atoms with Gasteiger partial charge in [0.25, 0.3) is 0 Å². The van der Waals surface area contributed by atoms with Crippen LogP contribution in [0, 0.1) is 5.92 Å². The van der Waals surface area contributed by atoms with E-state index < -0.39 is 0 Å². The Morgan fingerprint density at radius 1 is 1.64 bits per heavy atom. The van der Waals surface area contributed by atoms with Gasteiger partial charge < -0.3 is 10.4 Å². The van der Waals surface area contributed by atoms with E-state index in [0.29, 0.717) is 12.6 Å². The van der Waals surface area contributed by atoms with Gasteiger partial charge in [-0.3, -0.25) is 4.68 Å². The van der Waals surface area contributed by atoms with E-state index in [9.17, 15) is 0 Å². The van der Waals surface area contributed by atoms with Crippen LogP contribution in [-0.4, -0.2) is 27.5 Å². The van der Waals surface area contributed by atoms with E-state index in [1.165, 1.54) is 12.8 Å². The minimum absolute atomic E-state index is 0.140. The maximum Gasteiger partial charge on any atom is 0.0728 e. The molecule has 1 saturated carbocycles. The van der Waals surface area contributed by atoms with Gasteiger partial charge in [0.2, 0.25) is 0 Å². The van der Waals surface area contributed by atoms with Crippen LogP contribution in [0.4, 0.5) is 5.69 Å². The zero-order valence-electron chi connectivity index (χ0n) is 8.48. The van der Waals surface area contributed by atoms with Crippen molar-refractivity contribution in [3.05, 3.63) is 12.4 Å². The zero-order chi connectivity index (χ0) is 9.97. The third-order valence-electron chi connectivity index (χ3n) is 2.71. The highest BCUT2D eigenvalue weighted by molar-refractivity contribution is 5.39. The number of nitrogens with one attached hydrogen (secondary N) is 1. The lowest BCUT2D eigenvalue weighted by molar-refractivity contribution is 0.269. The second-order valence-electron chi connectivity index (χ2n) is 4.13. The van der Waals surface area contributed by atoms with Gasteiger partial charge in [-0.2, -0.15) is 5.10 Å². The summed E-state index contributed by atoms with van der Waals surface area (Å²) >= 11 is 0. The molecule has 0 radical (unpaired) electrons. The standard InChI is InChI=1S/C10H17N3O/c1-8-4-9(5-8)12-10-6-11-13(7-10)2-3-14/h6-9,12,14H,2-5H2,1H3. The molecule has 0 atom stereocenters. The molecule has 2 N–H and O–H groups in total. The molecule has 0 bridgehead atoms. The first kappa shape index (κ1) is 9.52. The van der Waals surface area contributed by atoms with Crippen LogP contribution in [0.2, 0.25) is 0 Å². The van der Waals surface area contributed by atoms with Crippen molar-refractivity contribution < 1.29 is 5.11 Å². The van der Waals surface area contributed by atoms with Crippen molar-refractivity contribution in [1.82, 2.24) is 9.78 Å². The van der Waals surface area contributed by atoms with Gasteiger partial charge >= 0.3 is 0 Å².